The lowest BCUT2D eigenvalue weighted by molar-refractivity contribution is -0.0582. The molecule has 1 saturated carbocycles. The Kier molecular flexibility index (Phi) is 6.08. The summed E-state index contributed by atoms with van der Waals surface area (Å²) in [5.74, 6) is -0.446. The lowest BCUT2D eigenvalue weighted by Gasteiger charge is -2.36. The average Bonchev–Trinajstić information content (AvgIpc) is 2.68. The van der Waals surface area contributed by atoms with E-state index in [0.717, 1.165) is 5.56 Å². The van der Waals surface area contributed by atoms with Crippen LogP contribution < -0.4 is 5.32 Å². The van der Waals surface area contributed by atoms with Crippen molar-refractivity contribution in [2.45, 2.75) is 44.0 Å². The number of phenolic OH excluding ortho intramolecular Hbond substituents is 1. The molecule has 5 nitrogen and oxygen atoms in total. The zero-order valence-electron chi connectivity index (χ0n) is 15.0. The van der Waals surface area contributed by atoms with E-state index in [1.54, 1.807) is 12.1 Å². The normalized spacial score (nSPS) is 22.4. The highest BCUT2D eigenvalue weighted by atomic mass is 19.1. The van der Waals surface area contributed by atoms with Gasteiger partial charge < -0.3 is 20.3 Å². The second-order valence-electron chi connectivity index (χ2n) is 7.09. The van der Waals surface area contributed by atoms with Crippen LogP contribution >= 0.6 is 0 Å². The minimum absolute atomic E-state index is 0.0446. The van der Waals surface area contributed by atoms with Gasteiger partial charge in [-0.15, -0.1) is 0 Å². The fourth-order valence-corrected chi connectivity index (χ4v) is 3.23. The summed E-state index contributed by atoms with van der Waals surface area (Å²) >= 11 is 0. The molecule has 0 bridgehead atoms. The second-order valence-corrected chi connectivity index (χ2v) is 7.09. The van der Waals surface area contributed by atoms with Gasteiger partial charge in [-0.05, 0) is 67.6 Å². The molecule has 1 fully saturated rings. The van der Waals surface area contributed by atoms with Crippen LogP contribution in [0, 0.1) is 5.82 Å². The third kappa shape index (κ3) is 5.52. The number of hydrogen-bond acceptors (Lipinski definition) is 4. The smallest absolute Gasteiger partial charge is 0.251 e. The Morgan fingerprint density at radius 2 is 1.74 bits per heavy atom. The van der Waals surface area contributed by atoms with Crippen LogP contribution in [0.3, 0.4) is 0 Å². The highest BCUT2D eigenvalue weighted by Crippen LogP contribution is 2.30. The van der Waals surface area contributed by atoms with Crippen molar-refractivity contribution < 1.29 is 24.1 Å². The fourth-order valence-electron chi connectivity index (χ4n) is 3.23. The Bertz CT molecular complexity index is 753. The first-order valence-corrected chi connectivity index (χ1v) is 9.09. The monoisotopic (exact) mass is 373 g/mol. The predicted octanol–water partition coefficient (Wildman–Crippen LogP) is 3.15. The van der Waals surface area contributed by atoms with Crippen LogP contribution in [0.5, 0.6) is 5.75 Å². The van der Waals surface area contributed by atoms with E-state index in [9.17, 15) is 19.4 Å². The van der Waals surface area contributed by atoms with E-state index in [-0.39, 0.29) is 30.1 Å². The Morgan fingerprint density at radius 3 is 2.37 bits per heavy atom. The number of carbonyl (C=O) groups excluding carboxylic acids is 1. The van der Waals surface area contributed by atoms with Crippen LogP contribution in [0.25, 0.3) is 0 Å². The molecule has 0 atom stereocenters. The Morgan fingerprint density at radius 1 is 1.11 bits per heavy atom. The van der Waals surface area contributed by atoms with Crippen molar-refractivity contribution in [3.05, 3.63) is 65.5 Å². The van der Waals surface area contributed by atoms with Crippen LogP contribution in [0.15, 0.2) is 48.5 Å². The number of hydrogen-bond donors (Lipinski definition) is 3. The summed E-state index contributed by atoms with van der Waals surface area (Å²) in [4.78, 5) is 12.1. The van der Waals surface area contributed by atoms with Crippen molar-refractivity contribution in [2.24, 2.45) is 0 Å². The maximum Gasteiger partial charge on any atom is 0.251 e. The molecule has 1 amide bonds. The highest BCUT2D eigenvalue weighted by molar-refractivity contribution is 5.94. The van der Waals surface area contributed by atoms with Gasteiger partial charge in [0.15, 0.2) is 0 Å². The summed E-state index contributed by atoms with van der Waals surface area (Å²) in [7, 11) is 0. The van der Waals surface area contributed by atoms with Crippen molar-refractivity contribution >= 4 is 5.91 Å². The first-order chi connectivity index (χ1) is 12.9. The van der Waals surface area contributed by atoms with Crippen LogP contribution in [0.4, 0.5) is 4.39 Å². The molecule has 3 N–H and O–H groups in total. The predicted molar refractivity (Wildman–Crippen MR) is 98.8 cm³/mol. The van der Waals surface area contributed by atoms with Crippen molar-refractivity contribution in [2.75, 3.05) is 6.54 Å². The summed E-state index contributed by atoms with van der Waals surface area (Å²) in [6, 6.07) is 12.2. The lowest BCUT2D eigenvalue weighted by Crippen LogP contribution is -2.46. The van der Waals surface area contributed by atoms with Gasteiger partial charge in [0.05, 0.1) is 18.3 Å². The van der Waals surface area contributed by atoms with Gasteiger partial charge in [0.2, 0.25) is 0 Å². The molecule has 0 spiro atoms. The van der Waals surface area contributed by atoms with E-state index >= 15 is 0 Å². The first kappa shape index (κ1) is 19.3. The second kappa shape index (κ2) is 8.50. The van der Waals surface area contributed by atoms with E-state index in [1.165, 1.54) is 36.4 Å². The fraction of sp³-hybridized carbons (Fsp3) is 0.381. The number of benzene rings is 2. The van der Waals surface area contributed by atoms with Gasteiger partial charge in [-0.3, -0.25) is 4.79 Å². The molecule has 1 aliphatic rings. The number of carbonyl (C=O) groups is 1. The SMILES string of the molecule is O=C(NC[C@]1(O)CC[C@@H](OCc2ccc(F)cc2)CC1)c1ccc(O)cc1. The molecule has 6 heteroatoms. The van der Waals surface area contributed by atoms with Crippen molar-refractivity contribution in [1.82, 2.24) is 5.32 Å². The largest absolute Gasteiger partial charge is 0.508 e. The van der Waals surface area contributed by atoms with Gasteiger partial charge in [-0.25, -0.2) is 4.39 Å². The summed E-state index contributed by atoms with van der Waals surface area (Å²) in [6.07, 6.45) is 2.52. The van der Waals surface area contributed by atoms with Crippen LogP contribution in [-0.4, -0.2) is 34.4 Å². The maximum atomic E-state index is 12.9. The van der Waals surface area contributed by atoms with E-state index in [0.29, 0.717) is 37.9 Å². The van der Waals surface area contributed by atoms with Crippen molar-refractivity contribution in [3.63, 3.8) is 0 Å². The molecule has 2 aromatic carbocycles. The Balaban J connectivity index is 1.42. The zero-order chi connectivity index (χ0) is 19.3. The topological polar surface area (TPSA) is 78.8 Å². The summed E-state index contributed by atoms with van der Waals surface area (Å²) in [5.41, 5.74) is 0.411. The lowest BCUT2D eigenvalue weighted by atomic mass is 9.83. The minimum atomic E-state index is -0.942. The molecule has 144 valence electrons. The Hall–Kier alpha value is -2.44. The van der Waals surface area contributed by atoms with Crippen molar-refractivity contribution in [3.8, 4) is 5.75 Å². The molecule has 3 rings (SSSR count). The van der Waals surface area contributed by atoms with Gasteiger partial charge in [-0.1, -0.05) is 12.1 Å². The standard InChI is InChI=1S/C21H24FNO4/c22-17-5-1-15(2-6-17)13-27-19-9-11-21(26,12-10-19)14-23-20(25)16-3-7-18(24)8-4-16/h1-8,19,24,26H,9-14H2,(H,23,25)/t19-,21+. The average molecular weight is 373 g/mol. The summed E-state index contributed by atoms with van der Waals surface area (Å²) in [6.45, 7) is 0.596. The quantitative estimate of drug-likeness (QED) is 0.727. The molecule has 0 aromatic heterocycles. The number of phenols is 1. The van der Waals surface area contributed by atoms with Gasteiger partial charge in [-0.2, -0.15) is 0 Å². The van der Waals surface area contributed by atoms with Gasteiger partial charge >= 0.3 is 0 Å². The van der Waals surface area contributed by atoms with Gasteiger partial charge in [0.1, 0.15) is 11.6 Å². The number of ether oxygens (including phenoxy) is 1. The minimum Gasteiger partial charge on any atom is -0.508 e. The van der Waals surface area contributed by atoms with Crippen LogP contribution in [-0.2, 0) is 11.3 Å². The number of aromatic hydroxyl groups is 1. The molecule has 1 aliphatic carbocycles. The molecule has 0 aliphatic heterocycles. The third-order valence-electron chi connectivity index (χ3n) is 4.97. The van der Waals surface area contributed by atoms with Gasteiger partial charge in [0, 0.05) is 12.1 Å². The molecule has 0 heterocycles. The first-order valence-electron chi connectivity index (χ1n) is 9.09. The van der Waals surface area contributed by atoms with E-state index in [2.05, 4.69) is 5.32 Å². The Labute approximate surface area is 157 Å². The molecule has 0 radical (unpaired) electrons. The van der Waals surface area contributed by atoms with Crippen molar-refractivity contribution in [1.29, 1.82) is 0 Å². The molecular formula is C21H24FNO4. The highest BCUT2D eigenvalue weighted by Gasteiger charge is 2.34. The number of nitrogens with one attached hydrogen (secondary N) is 1. The molecule has 0 saturated heterocycles. The van der Waals surface area contributed by atoms with E-state index < -0.39 is 5.60 Å². The number of aliphatic hydroxyl groups is 1. The zero-order valence-corrected chi connectivity index (χ0v) is 15.0. The van der Waals surface area contributed by atoms with E-state index in [1.807, 2.05) is 0 Å². The molecule has 27 heavy (non-hydrogen) atoms. The molecule has 2 aromatic rings. The third-order valence-corrected chi connectivity index (χ3v) is 4.97. The molecular weight excluding hydrogens is 349 g/mol. The van der Waals surface area contributed by atoms with Gasteiger partial charge in [0.25, 0.3) is 5.91 Å². The number of halogens is 1. The van der Waals surface area contributed by atoms with Crippen LogP contribution in [0.1, 0.15) is 41.6 Å². The maximum absolute atomic E-state index is 12.9. The number of amides is 1. The molecule has 0 unspecified atom stereocenters. The summed E-state index contributed by atoms with van der Waals surface area (Å²) in [5, 5.41) is 22.7. The summed E-state index contributed by atoms with van der Waals surface area (Å²) < 4.78 is 18.8. The number of rotatable bonds is 6. The van der Waals surface area contributed by atoms with E-state index in [4.69, 9.17) is 4.74 Å². The van der Waals surface area contributed by atoms with Crippen LogP contribution in [0.2, 0.25) is 0 Å².